The fraction of sp³-hybridized carbons (Fsp3) is 0.556. The van der Waals surface area contributed by atoms with E-state index in [1.54, 1.807) is 16.8 Å². The summed E-state index contributed by atoms with van der Waals surface area (Å²) in [4.78, 5) is 27.6. The number of nitrogens with zero attached hydrogens (tertiary/aromatic N) is 2. The van der Waals surface area contributed by atoms with Gasteiger partial charge >= 0.3 is 6.03 Å². The fourth-order valence-corrected chi connectivity index (χ4v) is 2.74. The Morgan fingerprint density at radius 1 is 1.38 bits per heavy atom. The van der Waals surface area contributed by atoms with Crippen LogP contribution in [0.5, 0.6) is 0 Å². The zero-order valence-electron chi connectivity index (χ0n) is 14.9. The number of hydrogen-bond donors (Lipinski definition) is 1. The monoisotopic (exact) mass is 333 g/mol. The van der Waals surface area contributed by atoms with Crippen molar-refractivity contribution in [3.63, 3.8) is 0 Å². The van der Waals surface area contributed by atoms with E-state index in [1.807, 2.05) is 45.0 Å². The number of rotatable bonds is 4. The van der Waals surface area contributed by atoms with E-state index in [-0.39, 0.29) is 30.6 Å². The highest BCUT2D eigenvalue weighted by atomic mass is 16.5. The van der Waals surface area contributed by atoms with Crippen molar-refractivity contribution in [3.05, 3.63) is 35.4 Å². The van der Waals surface area contributed by atoms with Crippen molar-refractivity contribution in [3.8, 4) is 0 Å². The average molecular weight is 333 g/mol. The molecular formula is C18H27N3O3. The maximum absolute atomic E-state index is 12.5. The first-order valence-corrected chi connectivity index (χ1v) is 8.39. The van der Waals surface area contributed by atoms with Crippen LogP contribution < -0.4 is 5.32 Å². The fourth-order valence-electron chi connectivity index (χ4n) is 2.74. The summed E-state index contributed by atoms with van der Waals surface area (Å²) in [5.74, 6) is -0.0952. The van der Waals surface area contributed by atoms with E-state index in [0.29, 0.717) is 19.7 Å². The van der Waals surface area contributed by atoms with Gasteiger partial charge < -0.3 is 19.9 Å². The van der Waals surface area contributed by atoms with Gasteiger partial charge in [-0.1, -0.05) is 24.3 Å². The summed E-state index contributed by atoms with van der Waals surface area (Å²) < 4.78 is 5.92. The van der Waals surface area contributed by atoms with Gasteiger partial charge in [-0.3, -0.25) is 4.79 Å². The zero-order chi connectivity index (χ0) is 17.7. The summed E-state index contributed by atoms with van der Waals surface area (Å²) in [5.41, 5.74) is 2.25. The number of ether oxygens (including phenoxy) is 1. The molecule has 24 heavy (non-hydrogen) atoms. The lowest BCUT2D eigenvalue weighted by molar-refractivity contribution is -0.128. The van der Waals surface area contributed by atoms with Crippen LogP contribution in [0.3, 0.4) is 0 Å². The van der Waals surface area contributed by atoms with Crippen molar-refractivity contribution in [1.29, 1.82) is 0 Å². The van der Waals surface area contributed by atoms with Crippen LogP contribution in [0.25, 0.3) is 0 Å². The molecule has 0 aromatic heterocycles. The van der Waals surface area contributed by atoms with E-state index >= 15 is 0 Å². The van der Waals surface area contributed by atoms with Crippen LogP contribution in [0, 0.1) is 6.92 Å². The first kappa shape index (κ1) is 18.3. The van der Waals surface area contributed by atoms with Gasteiger partial charge in [-0.2, -0.15) is 0 Å². The lowest BCUT2D eigenvalue weighted by Gasteiger charge is -2.38. The van der Waals surface area contributed by atoms with Crippen LogP contribution in [0.2, 0.25) is 0 Å². The summed E-state index contributed by atoms with van der Waals surface area (Å²) in [6, 6.07) is 7.80. The minimum atomic E-state index is -0.220. The summed E-state index contributed by atoms with van der Waals surface area (Å²) in [6.07, 6.45) is -0.137. The first-order valence-electron chi connectivity index (χ1n) is 8.39. The second kappa shape index (κ2) is 8.15. The quantitative estimate of drug-likeness (QED) is 0.916. The zero-order valence-corrected chi connectivity index (χ0v) is 14.9. The number of nitrogens with one attached hydrogen (secondary N) is 1. The Hall–Kier alpha value is -2.08. The van der Waals surface area contributed by atoms with Gasteiger partial charge in [0.2, 0.25) is 5.91 Å². The number of morpholine rings is 1. The lowest BCUT2D eigenvalue weighted by Crippen LogP contribution is -2.53. The second-order valence-corrected chi connectivity index (χ2v) is 6.25. The van der Waals surface area contributed by atoms with Crippen molar-refractivity contribution in [2.45, 2.75) is 32.9 Å². The normalized spacial score (nSPS) is 20.6. The van der Waals surface area contributed by atoms with Crippen molar-refractivity contribution in [2.75, 3.05) is 33.3 Å². The molecule has 6 heteroatoms. The van der Waals surface area contributed by atoms with Crippen LogP contribution in [0.1, 0.15) is 31.1 Å². The maximum Gasteiger partial charge on any atom is 0.318 e. The molecule has 132 valence electrons. The SMILES string of the molecule is CCN(C)C(=O)CNC(=O)N1CC(c2ccccc2C)OCC1C. The number of urea groups is 1. The minimum Gasteiger partial charge on any atom is -0.370 e. The minimum absolute atomic E-state index is 0.0162. The number of likely N-dealkylation sites (N-methyl/N-ethyl adjacent to an activating group) is 1. The Morgan fingerprint density at radius 2 is 2.08 bits per heavy atom. The third-order valence-electron chi connectivity index (χ3n) is 4.52. The van der Waals surface area contributed by atoms with Crippen LogP contribution >= 0.6 is 0 Å². The van der Waals surface area contributed by atoms with Gasteiger partial charge in [0.05, 0.1) is 25.7 Å². The summed E-state index contributed by atoms with van der Waals surface area (Å²) >= 11 is 0. The molecule has 2 rings (SSSR count). The molecule has 1 aliphatic heterocycles. The number of carbonyl (C=O) groups is 2. The molecule has 1 heterocycles. The molecule has 1 N–H and O–H groups in total. The van der Waals surface area contributed by atoms with Gasteiger partial charge in [0.1, 0.15) is 6.10 Å². The molecular weight excluding hydrogens is 306 g/mol. The standard InChI is InChI=1S/C18H27N3O3/c1-5-20(4)17(22)10-19-18(23)21-11-16(24-12-14(21)3)15-9-7-6-8-13(15)2/h6-9,14,16H,5,10-12H2,1-4H3,(H,19,23). The van der Waals surface area contributed by atoms with E-state index in [0.717, 1.165) is 11.1 Å². The van der Waals surface area contributed by atoms with Crippen molar-refractivity contribution in [1.82, 2.24) is 15.1 Å². The molecule has 2 atom stereocenters. The van der Waals surface area contributed by atoms with Crippen LogP contribution in [-0.2, 0) is 9.53 Å². The molecule has 0 radical (unpaired) electrons. The Labute approximate surface area is 143 Å². The Balaban J connectivity index is 1.99. The molecule has 1 fully saturated rings. The molecule has 3 amide bonds. The predicted octanol–water partition coefficient (Wildman–Crippen LogP) is 1.94. The third-order valence-corrected chi connectivity index (χ3v) is 4.52. The molecule has 1 aromatic carbocycles. The Morgan fingerprint density at radius 3 is 2.75 bits per heavy atom. The second-order valence-electron chi connectivity index (χ2n) is 6.25. The summed E-state index contributed by atoms with van der Waals surface area (Å²) in [6.45, 7) is 7.50. The third kappa shape index (κ3) is 4.26. The molecule has 1 aromatic rings. The number of amides is 3. The number of benzene rings is 1. The average Bonchev–Trinajstić information content (AvgIpc) is 2.59. The van der Waals surface area contributed by atoms with Gasteiger partial charge in [0, 0.05) is 13.6 Å². The van der Waals surface area contributed by atoms with E-state index in [2.05, 4.69) is 5.32 Å². The van der Waals surface area contributed by atoms with E-state index < -0.39 is 0 Å². The van der Waals surface area contributed by atoms with Gasteiger partial charge in [0.25, 0.3) is 0 Å². The van der Waals surface area contributed by atoms with E-state index in [1.165, 1.54) is 0 Å². The topological polar surface area (TPSA) is 61.9 Å². The molecule has 1 aliphatic rings. The van der Waals surface area contributed by atoms with E-state index in [9.17, 15) is 9.59 Å². The molecule has 0 saturated carbocycles. The molecule has 1 saturated heterocycles. The van der Waals surface area contributed by atoms with Crippen molar-refractivity contribution >= 4 is 11.9 Å². The van der Waals surface area contributed by atoms with Gasteiger partial charge in [-0.25, -0.2) is 4.79 Å². The molecule has 0 aliphatic carbocycles. The Kier molecular flexibility index (Phi) is 6.20. The smallest absolute Gasteiger partial charge is 0.318 e. The molecule has 0 bridgehead atoms. The number of carbonyl (C=O) groups excluding carboxylic acids is 2. The number of hydrogen-bond acceptors (Lipinski definition) is 3. The highest BCUT2D eigenvalue weighted by molar-refractivity contribution is 5.84. The molecule has 2 unspecified atom stereocenters. The van der Waals surface area contributed by atoms with Crippen LogP contribution in [0.4, 0.5) is 4.79 Å². The van der Waals surface area contributed by atoms with Crippen molar-refractivity contribution < 1.29 is 14.3 Å². The first-order chi connectivity index (χ1) is 11.4. The molecule has 6 nitrogen and oxygen atoms in total. The highest BCUT2D eigenvalue weighted by Crippen LogP contribution is 2.27. The molecule has 0 spiro atoms. The van der Waals surface area contributed by atoms with Gasteiger partial charge in [-0.15, -0.1) is 0 Å². The van der Waals surface area contributed by atoms with Crippen LogP contribution in [0.15, 0.2) is 24.3 Å². The predicted molar refractivity (Wildman–Crippen MR) is 92.7 cm³/mol. The maximum atomic E-state index is 12.5. The van der Waals surface area contributed by atoms with E-state index in [4.69, 9.17) is 4.74 Å². The lowest BCUT2D eigenvalue weighted by atomic mass is 10.0. The summed E-state index contributed by atoms with van der Waals surface area (Å²) in [5, 5.41) is 2.72. The Bertz CT molecular complexity index is 591. The van der Waals surface area contributed by atoms with Gasteiger partial charge in [0.15, 0.2) is 0 Å². The highest BCUT2D eigenvalue weighted by Gasteiger charge is 2.31. The largest absolute Gasteiger partial charge is 0.370 e. The van der Waals surface area contributed by atoms with Crippen molar-refractivity contribution in [2.24, 2.45) is 0 Å². The number of aryl methyl sites for hydroxylation is 1. The summed E-state index contributed by atoms with van der Waals surface area (Å²) in [7, 11) is 1.72. The van der Waals surface area contributed by atoms with Gasteiger partial charge in [-0.05, 0) is 31.9 Å². The van der Waals surface area contributed by atoms with Crippen LogP contribution in [-0.4, -0.2) is 61.1 Å².